The molecule has 0 spiro atoms. The van der Waals surface area contributed by atoms with Crippen LogP contribution < -0.4 is 0 Å². The van der Waals surface area contributed by atoms with E-state index < -0.39 is 11.6 Å². The van der Waals surface area contributed by atoms with Crippen molar-refractivity contribution in [3.8, 4) is 11.8 Å². The molecule has 92 valence electrons. The topological polar surface area (TPSA) is 37.3 Å². The van der Waals surface area contributed by atoms with Gasteiger partial charge in [0.1, 0.15) is 0 Å². The summed E-state index contributed by atoms with van der Waals surface area (Å²) in [5.41, 5.74) is -2.16. The van der Waals surface area contributed by atoms with Gasteiger partial charge in [-0.1, -0.05) is 39.0 Å². The lowest BCUT2D eigenvalue weighted by Gasteiger charge is -2.17. The van der Waals surface area contributed by atoms with E-state index in [1.807, 2.05) is 6.92 Å². The zero-order chi connectivity index (χ0) is 12.4. The van der Waals surface area contributed by atoms with Crippen molar-refractivity contribution < 1.29 is 14.3 Å². The summed E-state index contributed by atoms with van der Waals surface area (Å²) in [6, 6.07) is 0. The van der Waals surface area contributed by atoms with Crippen molar-refractivity contribution in [3.05, 3.63) is 0 Å². The third kappa shape index (κ3) is 5.75. The first-order valence-corrected chi connectivity index (χ1v) is 5.95. The van der Waals surface area contributed by atoms with Crippen LogP contribution in [0.3, 0.4) is 0 Å². The fourth-order valence-electron chi connectivity index (χ4n) is 1.43. The summed E-state index contributed by atoms with van der Waals surface area (Å²) >= 11 is 0. The molecule has 0 bridgehead atoms. The maximum atomic E-state index is 14.0. The smallest absolute Gasteiger partial charge is 0.342 e. The Bertz CT molecular complexity index is 265. The summed E-state index contributed by atoms with van der Waals surface area (Å²) in [5.74, 6) is 3.92. The van der Waals surface area contributed by atoms with Crippen molar-refractivity contribution in [1.29, 1.82) is 0 Å². The highest BCUT2D eigenvalue weighted by molar-refractivity contribution is 5.77. The minimum Gasteiger partial charge on any atom is -0.479 e. The van der Waals surface area contributed by atoms with E-state index in [1.165, 1.54) is 0 Å². The van der Waals surface area contributed by atoms with Crippen LogP contribution in [-0.2, 0) is 4.79 Å². The Morgan fingerprint density at radius 1 is 1.25 bits per heavy atom. The van der Waals surface area contributed by atoms with Crippen LogP contribution in [0.25, 0.3) is 0 Å². The van der Waals surface area contributed by atoms with E-state index in [0.29, 0.717) is 12.8 Å². The molecule has 0 heterocycles. The minimum atomic E-state index is -2.16. The second-order valence-corrected chi connectivity index (χ2v) is 3.97. The average Bonchev–Trinajstić information content (AvgIpc) is 2.25. The van der Waals surface area contributed by atoms with Crippen LogP contribution in [0.15, 0.2) is 0 Å². The number of unbranched alkanes of at least 4 members (excludes halogenated alkanes) is 3. The molecule has 0 aromatic heterocycles. The fraction of sp³-hybridized carbons (Fsp3) is 0.769. The molecule has 0 radical (unpaired) electrons. The first-order valence-electron chi connectivity index (χ1n) is 5.95. The largest absolute Gasteiger partial charge is 0.479 e. The number of alkyl halides is 1. The number of halogens is 1. The molecule has 0 aromatic rings. The van der Waals surface area contributed by atoms with Gasteiger partial charge in [0, 0.05) is 6.42 Å². The Morgan fingerprint density at radius 2 is 1.94 bits per heavy atom. The van der Waals surface area contributed by atoms with E-state index in [-0.39, 0.29) is 12.8 Å². The number of aliphatic carboxylic acids is 1. The third-order valence-corrected chi connectivity index (χ3v) is 2.48. The lowest BCUT2D eigenvalue weighted by atomic mass is 9.94. The van der Waals surface area contributed by atoms with Crippen molar-refractivity contribution in [2.75, 3.05) is 0 Å². The van der Waals surface area contributed by atoms with Gasteiger partial charge in [-0.3, -0.25) is 0 Å². The van der Waals surface area contributed by atoms with Gasteiger partial charge in [-0.05, 0) is 12.8 Å². The zero-order valence-corrected chi connectivity index (χ0v) is 10.2. The molecule has 0 aliphatic carbocycles. The van der Waals surface area contributed by atoms with Gasteiger partial charge >= 0.3 is 5.97 Å². The molecule has 0 aromatic carbocycles. The first-order chi connectivity index (χ1) is 7.56. The zero-order valence-electron chi connectivity index (χ0n) is 10.2. The maximum absolute atomic E-state index is 14.0. The average molecular weight is 228 g/mol. The number of carboxylic acids is 1. The summed E-state index contributed by atoms with van der Waals surface area (Å²) < 4.78 is 14.0. The van der Waals surface area contributed by atoms with Crippen LogP contribution in [0.5, 0.6) is 0 Å². The molecule has 16 heavy (non-hydrogen) atoms. The second kappa shape index (κ2) is 8.15. The van der Waals surface area contributed by atoms with Crippen LogP contribution in [0, 0.1) is 11.8 Å². The van der Waals surface area contributed by atoms with Gasteiger partial charge in [-0.2, -0.15) is 0 Å². The molecule has 0 fully saturated rings. The normalized spacial score (nSPS) is 13.7. The van der Waals surface area contributed by atoms with Crippen molar-refractivity contribution in [2.24, 2.45) is 0 Å². The Labute approximate surface area is 97.2 Å². The molecule has 0 amide bonds. The summed E-state index contributed by atoms with van der Waals surface area (Å²) in [6.07, 6.45) is 4.09. The molecule has 0 saturated carbocycles. The third-order valence-electron chi connectivity index (χ3n) is 2.48. The van der Waals surface area contributed by atoms with Gasteiger partial charge in [0.15, 0.2) is 0 Å². The Balaban J connectivity index is 4.17. The van der Waals surface area contributed by atoms with E-state index in [0.717, 1.165) is 19.3 Å². The molecule has 3 heteroatoms. The highest BCUT2D eigenvalue weighted by Gasteiger charge is 2.37. The van der Waals surface area contributed by atoms with Crippen molar-refractivity contribution in [3.63, 3.8) is 0 Å². The van der Waals surface area contributed by atoms with E-state index in [9.17, 15) is 9.18 Å². The van der Waals surface area contributed by atoms with E-state index in [1.54, 1.807) is 0 Å². The van der Waals surface area contributed by atoms with Gasteiger partial charge in [0.2, 0.25) is 5.67 Å². The van der Waals surface area contributed by atoms with Gasteiger partial charge in [-0.15, -0.1) is 5.92 Å². The molecule has 1 N–H and O–H groups in total. The van der Waals surface area contributed by atoms with Crippen molar-refractivity contribution in [2.45, 2.75) is 64.5 Å². The molecule has 1 unspecified atom stereocenters. The molecule has 0 saturated heterocycles. The Kier molecular flexibility index (Phi) is 7.62. The molecule has 2 nitrogen and oxygen atoms in total. The fourth-order valence-corrected chi connectivity index (χ4v) is 1.43. The van der Waals surface area contributed by atoms with Crippen LogP contribution in [0.4, 0.5) is 4.39 Å². The van der Waals surface area contributed by atoms with Gasteiger partial charge in [0.05, 0.1) is 6.42 Å². The lowest BCUT2D eigenvalue weighted by molar-refractivity contribution is -0.151. The monoisotopic (exact) mass is 228 g/mol. The minimum absolute atomic E-state index is 0.0702. The predicted molar refractivity (Wildman–Crippen MR) is 62.9 cm³/mol. The summed E-state index contributed by atoms with van der Waals surface area (Å²) in [7, 11) is 0. The summed E-state index contributed by atoms with van der Waals surface area (Å²) in [6.45, 7) is 3.92. The first kappa shape index (κ1) is 15.0. The lowest BCUT2D eigenvalue weighted by Crippen LogP contribution is -2.33. The molecular formula is C13H21FO2. The predicted octanol–water partition coefficient (Wildman–Crippen LogP) is 3.55. The van der Waals surface area contributed by atoms with Crippen molar-refractivity contribution >= 4 is 5.97 Å². The quantitative estimate of drug-likeness (QED) is 0.534. The molecule has 0 aliphatic heterocycles. The highest BCUT2D eigenvalue weighted by Crippen LogP contribution is 2.24. The molecular weight excluding hydrogens is 207 g/mol. The number of hydrogen-bond donors (Lipinski definition) is 1. The maximum Gasteiger partial charge on any atom is 0.342 e. The number of carbonyl (C=O) groups is 1. The number of rotatable bonds is 7. The molecule has 0 aliphatic rings. The summed E-state index contributed by atoms with van der Waals surface area (Å²) in [4.78, 5) is 10.8. The van der Waals surface area contributed by atoms with Gasteiger partial charge in [-0.25, -0.2) is 9.18 Å². The van der Waals surface area contributed by atoms with Crippen LogP contribution in [0.2, 0.25) is 0 Å². The Morgan fingerprint density at radius 3 is 2.44 bits per heavy atom. The number of hydrogen-bond acceptors (Lipinski definition) is 1. The molecule has 1 atom stereocenters. The second-order valence-electron chi connectivity index (χ2n) is 3.97. The molecule has 0 rings (SSSR count). The van der Waals surface area contributed by atoms with Crippen LogP contribution in [0.1, 0.15) is 58.8 Å². The number of carboxylic acid groups (broad SMARTS) is 1. The summed E-state index contributed by atoms with van der Waals surface area (Å²) in [5, 5.41) is 8.85. The van der Waals surface area contributed by atoms with Crippen LogP contribution in [-0.4, -0.2) is 16.7 Å². The van der Waals surface area contributed by atoms with Gasteiger partial charge in [0.25, 0.3) is 0 Å². The van der Waals surface area contributed by atoms with E-state index in [2.05, 4.69) is 18.8 Å². The highest BCUT2D eigenvalue weighted by atomic mass is 19.1. The standard InChI is InChI=1S/C13H21FO2/c1-3-5-7-9-11-13(14,12(15)16)10-8-6-4-2/h3-5,7,9-11H2,1-2H3,(H,15,16). The van der Waals surface area contributed by atoms with E-state index >= 15 is 0 Å². The van der Waals surface area contributed by atoms with E-state index in [4.69, 9.17) is 5.11 Å². The SMILES string of the molecule is CCC#CCC(F)(CCCCCC)C(=O)O. The Hall–Kier alpha value is -1.04. The van der Waals surface area contributed by atoms with Crippen molar-refractivity contribution in [1.82, 2.24) is 0 Å². The van der Waals surface area contributed by atoms with Crippen LogP contribution >= 0.6 is 0 Å². The van der Waals surface area contributed by atoms with Gasteiger partial charge < -0.3 is 5.11 Å².